The standard InChI is InChI=1S/C12H15F2NOS/c13-8-1-4-12(11(14)5-8)17-7-10(16)6-15-9-2-3-9/h1,4-5,9-10,15-16H,2-3,6-7H2. The summed E-state index contributed by atoms with van der Waals surface area (Å²) in [6.45, 7) is 0.528. The quantitative estimate of drug-likeness (QED) is 0.768. The average molecular weight is 259 g/mol. The van der Waals surface area contributed by atoms with Crippen molar-refractivity contribution in [2.24, 2.45) is 0 Å². The smallest absolute Gasteiger partial charge is 0.139 e. The minimum atomic E-state index is -0.581. The van der Waals surface area contributed by atoms with Crippen molar-refractivity contribution in [3.8, 4) is 0 Å². The molecule has 0 amide bonds. The lowest BCUT2D eigenvalue weighted by Crippen LogP contribution is -2.29. The molecule has 1 aromatic rings. The van der Waals surface area contributed by atoms with Gasteiger partial charge in [0, 0.05) is 29.3 Å². The normalized spacial score (nSPS) is 17.1. The van der Waals surface area contributed by atoms with Crippen LogP contribution in [-0.2, 0) is 0 Å². The third kappa shape index (κ3) is 4.26. The summed E-state index contributed by atoms with van der Waals surface area (Å²) in [7, 11) is 0. The first kappa shape index (κ1) is 12.8. The summed E-state index contributed by atoms with van der Waals surface area (Å²) in [6, 6.07) is 4.03. The average Bonchev–Trinajstić information content (AvgIpc) is 3.09. The molecule has 1 aromatic carbocycles. The van der Waals surface area contributed by atoms with Crippen LogP contribution in [0.1, 0.15) is 12.8 Å². The largest absolute Gasteiger partial charge is 0.391 e. The number of benzene rings is 1. The maximum atomic E-state index is 13.3. The number of halogens is 2. The van der Waals surface area contributed by atoms with Gasteiger partial charge in [-0.3, -0.25) is 0 Å². The van der Waals surface area contributed by atoms with Crippen molar-refractivity contribution < 1.29 is 13.9 Å². The van der Waals surface area contributed by atoms with E-state index in [0.717, 1.165) is 6.07 Å². The van der Waals surface area contributed by atoms with Crippen LogP contribution in [0, 0.1) is 11.6 Å². The summed E-state index contributed by atoms with van der Waals surface area (Å²) in [6.07, 6.45) is 1.84. The van der Waals surface area contributed by atoms with E-state index < -0.39 is 17.7 Å². The van der Waals surface area contributed by atoms with E-state index in [2.05, 4.69) is 5.32 Å². The minimum Gasteiger partial charge on any atom is -0.391 e. The van der Waals surface area contributed by atoms with E-state index in [-0.39, 0.29) is 0 Å². The predicted octanol–water partition coefficient (Wildman–Crippen LogP) is 2.17. The molecule has 2 rings (SSSR count). The Bertz CT molecular complexity index is 385. The van der Waals surface area contributed by atoms with Crippen LogP contribution in [0.15, 0.2) is 23.1 Å². The maximum Gasteiger partial charge on any atom is 0.139 e. The number of aliphatic hydroxyl groups is 1. The Morgan fingerprint density at radius 3 is 2.82 bits per heavy atom. The van der Waals surface area contributed by atoms with Crippen molar-refractivity contribution in [2.75, 3.05) is 12.3 Å². The van der Waals surface area contributed by atoms with Crippen LogP contribution in [0.3, 0.4) is 0 Å². The van der Waals surface area contributed by atoms with Crippen molar-refractivity contribution in [3.05, 3.63) is 29.8 Å². The molecular weight excluding hydrogens is 244 g/mol. The topological polar surface area (TPSA) is 32.3 Å². The molecule has 2 N–H and O–H groups in total. The van der Waals surface area contributed by atoms with Gasteiger partial charge in [0.25, 0.3) is 0 Å². The lowest BCUT2D eigenvalue weighted by atomic mass is 10.3. The molecule has 1 unspecified atom stereocenters. The van der Waals surface area contributed by atoms with Crippen molar-refractivity contribution in [3.63, 3.8) is 0 Å². The van der Waals surface area contributed by atoms with Gasteiger partial charge in [0.15, 0.2) is 0 Å². The fourth-order valence-corrected chi connectivity index (χ4v) is 2.28. The molecule has 5 heteroatoms. The van der Waals surface area contributed by atoms with Gasteiger partial charge in [0.05, 0.1) is 6.10 Å². The minimum absolute atomic E-state index is 0.372. The van der Waals surface area contributed by atoms with Gasteiger partial charge < -0.3 is 10.4 Å². The number of hydrogen-bond acceptors (Lipinski definition) is 3. The second-order valence-electron chi connectivity index (χ2n) is 4.22. The zero-order valence-electron chi connectivity index (χ0n) is 9.33. The van der Waals surface area contributed by atoms with E-state index in [1.807, 2.05) is 0 Å². The Labute approximate surface area is 103 Å². The Hall–Kier alpha value is -0.650. The molecule has 1 saturated carbocycles. The van der Waals surface area contributed by atoms with Gasteiger partial charge in [-0.15, -0.1) is 11.8 Å². The van der Waals surface area contributed by atoms with E-state index in [1.165, 1.54) is 36.7 Å². The Morgan fingerprint density at radius 2 is 2.18 bits per heavy atom. The van der Waals surface area contributed by atoms with Gasteiger partial charge in [0.1, 0.15) is 11.6 Å². The van der Waals surface area contributed by atoms with Crippen LogP contribution >= 0.6 is 11.8 Å². The zero-order valence-corrected chi connectivity index (χ0v) is 10.1. The Morgan fingerprint density at radius 1 is 1.41 bits per heavy atom. The summed E-state index contributed by atoms with van der Waals surface area (Å²) in [5.74, 6) is -0.748. The second-order valence-corrected chi connectivity index (χ2v) is 5.28. The predicted molar refractivity (Wildman–Crippen MR) is 64.1 cm³/mol. The van der Waals surface area contributed by atoms with Crippen molar-refractivity contribution in [1.82, 2.24) is 5.32 Å². The number of thioether (sulfide) groups is 1. The monoisotopic (exact) mass is 259 g/mol. The Balaban J connectivity index is 1.75. The summed E-state index contributed by atoms with van der Waals surface area (Å²) in [5.41, 5.74) is 0. The van der Waals surface area contributed by atoms with Gasteiger partial charge in [-0.05, 0) is 25.0 Å². The fraction of sp³-hybridized carbons (Fsp3) is 0.500. The molecule has 0 saturated heterocycles. The molecule has 0 aromatic heterocycles. The first-order valence-corrected chi connectivity index (χ1v) is 6.63. The molecule has 2 nitrogen and oxygen atoms in total. The first-order chi connectivity index (χ1) is 8.15. The molecule has 94 valence electrons. The third-order valence-electron chi connectivity index (χ3n) is 2.54. The molecule has 0 radical (unpaired) electrons. The van der Waals surface area contributed by atoms with Gasteiger partial charge >= 0.3 is 0 Å². The fourth-order valence-electron chi connectivity index (χ4n) is 1.43. The lowest BCUT2D eigenvalue weighted by Gasteiger charge is -2.11. The van der Waals surface area contributed by atoms with Crippen LogP contribution in [0.25, 0.3) is 0 Å². The number of hydrogen-bond donors (Lipinski definition) is 2. The summed E-state index contributed by atoms with van der Waals surface area (Å²) in [4.78, 5) is 0.372. The van der Waals surface area contributed by atoms with E-state index in [9.17, 15) is 13.9 Å². The lowest BCUT2D eigenvalue weighted by molar-refractivity contribution is 0.195. The van der Waals surface area contributed by atoms with Gasteiger partial charge in [-0.2, -0.15) is 0 Å². The van der Waals surface area contributed by atoms with Crippen molar-refractivity contribution in [1.29, 1.82) is 0 Å². The molecular formula is C12H15F2NOS. The third-order valence-corrected chi connectivity index (χ3v) is 3.74. The van der Waals surface area contributed by atoms with E-state index in [0.29, 0.717) is 23.2 Å². The summed E-state index contributed by atoms with van der Waals surface area (Å²) >= 11 is 1.20. The number of aliphatic hydroxyl groups excluding tert-OH is 1. The van der Waals surface area contributed by atoms with Crippen LogP contribution in [-0.4, -0.2) is 29.5 Å². The van der Waals surface area contributed by atoms with Crippen molar-refractivity contribution >= 4 is 11.8 Å². The highest BCUT2D eigenvalue weighted by Crippen LogP contribution is 2.23. The molecule has 0 heterocycles. The van der Waals surface area contributed by atoms with Crippen LogP contribution in [0.4, 0.5) is 8.78 Å². The summed E-state index contributed by atoms with van der Waals surface area (Å²) in [5, 5.41) is 12.9. The Kier molecular flexibility index (Phi) is 4.36. The molecule has 0 aliphatic heterocycles. The van der Waals surface area contributed by atoms with E-state index >= 15 is 0 Å². The highest BCUT2D eigenvalue weighted by Gasteiger charge is 2.21. The first-order valence-electron chi connectivity index (χ1n) is 5.64. The highest BCUT2D eigenvalue weighted by atomic mass is 32.2. The van der Waals surface area contributed by atoms with Crippen LogP contribution in [0.5, 0.6) is 0 Å². The van der Waals surface area contributed by atoms with E-state index in [1.54, 1.807) is 0 Å². The zero-order chi connectivity index (χ0) is 12.3. The molecule has 1 atom stereocenters. The molecule has 0 bridgehead atoms. The molecule has 0 spiro atoms. The molecule has 1 aliphatic rings. The summed E-state index contributed by atoms with van der Waals surface area (Å²) < 4.78 is 25.9. The van der Waals surface area contributed by atoms with E-state index in [4.69, 9.17) is 0 Å². The molecule has 1 fully saturated rings. The van der Waals surface area contributed by atoms with Gasteiger partial charge in [0.2, 0.25) is 0 Å². The van der Waals surface area contributed by atoms with Gasteiger partial charge in [-0.25, -0.2) is 8.78 Å². The van der Waals surface area contributed by atoms with Crippen LogP contribution < -0.4 is 5.32 Å². The van der Waals surface area contributed by atoms with Gasteiger partial charge in [-0.1, -0.05) is 0 Å². The SMILES string of the molecule is OC(CNC1CC1)CSc1ccc(F)cc1F. The highest BCUT2D eigenvalue weighted by molar-refractivity contribution is 7.99. The molecule has 1 aliphatic carbocycles. The number of nitrogens with one attached hydrogen (secondary N) is 1. The molecule has 17 heavy (non-hydrogen) atoms. The maximum absolute atomic E-state index is 13.3. The van der Waals surface area contributed by atoms with Crippen LogP contribution in [0.2, 0.25) is 0 Å². The van der Waals surface area contributed by atoms with Crippen molar-refractivity contribution in [2.45, 2.75) is 29.9 Å². The number of rotatable bonds is 6. The second kappa shape index (κ2) is 5.80.